The van der Waals surface area contributed by atoms with Gasteiger partial charge in [0, 0.05) is 0 Å². The molecule has 0 radical (unpaired) electrons. The molecule has 3 aromatic rings. The van der Waals surface area contributed by atoms with Crippen LogP contribution in [0.15, 0.2) is 96.0 Å². The number of halogens is 3. The maximum Gasteiger partial charge on any atom is 0.493 e. The number of ether oxygens (including phenoxy) is 1. The number of carbonyl (C=O) groups excluding carboxylic acids is 1. The number of hydrogen-bond donors (Lipinski definition) is 0. The molecule has 176 valence electrons. The van der Waals surface area contributed by atoms with Crippen molar-refractivity contribution < 1.29 is 27.5 Å². The Bertz CT molecular complexity index is 1170. The Hall–Kier alpha value is -3.81. The van der Waals surface area contributed by atoms with Crippen LogP contribution < -0.4 is 4.74 Å². The van der Waals surface area contributed by atoms with Gasteiger partial charge >= 0.3 is 12.1 Å². The highest BCUT2D eigenvalue weighted by Crippen LogP contribution is 2.52. The van der Waals surface area contributed by atoms with E-state index in [1.54, 1.807) is 68.4 Å². The van der Waals surface area contributed by atoms with Crippen LogP contribution in [0.25, 0.3) is 0 Å². The number of alkyl halides is 3. The topological polar surface area (TPSA) is 51.1 Å². The molecule has 8 heteroatoms. The summed E-state index contributed by atoms with van der Waals surface area (Å²) >= 11 is 0. The fraction of sp³-hybridized carbons (Fsp3) is 0.231. The molecule has 2 atom stereocenters. The molecule has 1 aliphatic rings. The zero-order chi connectivity index (χ0) is 24.4. The number of amidine groups is 1. The summed E-state index contributed by atoms with van der Waals surface area (Å²) < 4.78 is 45.6. The van der Waals surface area contributed by atoms with Crippen LogP contribution in [0.4, 0.5) is 13.2 Å². The molecule has 0 amide bonds. The van der Waals surface area contributed by atoms with E-state index in [0.29, 0.717) is 11.3 Å². The molecule has 0 aromatic heterocycles. The first-order chi connectivity index (χ1) is 16.2. The van der Waals surface area contributed by atoms with Crippen LogP contribution in [0, 0.1) is 0 Å². The second kappa shape index (κ2) is 8.85. The van der Waals surface area contributed by atoms with E-state index in [1.165, 1.54) is 0 Å². The SMILES string of the molecule is CC1(c2ccccc2)N=C(COc2ccccc2)N(OC(=O)C(F)(F)F)C1(C)c1ccccc1. The highest BCUT2D eigenvalue weighted by atomic mass is 19.4. The van der Waals surface area contributed by atoms with Crippen LogP contribution in [-0.2, 0) is 20.7 Å². The summed E-state index contributed by atoms with van der Waals surface area (Å²) in [4.78, 5) is 21.9. The second-order valence-electron chi connectivity index (χ2n) is 8.18. The van der Waals surface area contributed by atoms with Crippen molar-refractivity contribution in [3.63, 3.8) is 0 Å². The molecule has 0 fully saturated rings. The molecular weight excluding hydrogens is 445 g/mol. The van der Waals surface area contributed by atoms with E-state index >= 15 is 0 Å². The third-order valence-electron chi connectivity index (χ3n) is 6.13. The third kappa shape index (κ3) is 4.11. The van der Waals surface area contributed by atoms with Gasteiger partial charge in [0.05, 0.1) is 0 Å². The zero-order valence-electron chi connectivity index (χ0n) is 18.6. The van der Waals surface area contributed by atoms with Crippen molar-refractivity contribution in [3.8, 4) is 5.75 Å². The molecule has 3 aromatic carbocycles. The lowest BCUT2D eigenvalue weighted by atomic mass is 9.71. The average molecular weight is 468 g/mol. The summed E-state index contributed by atoms with van der Waals surface area (Å²) in [5.74, 6) is -1.78. The van der Waals surface area contributed by atoms with E-state index in [4.69, 9.17) is 14.6 Å². The highest BCUT2D eigenvalue weighted by molar-refractivity contribution is 5.89. The van der Waals surface area contributed by atoms with Gasteiger partial charge in [-0.25, -0.2) is 4.79 Å². The number of para-hydroxylation sites is 1. The lowest BCUT2D eigenvalue weighted by Gasteiger charge is -2.44. The van der Waals surface area contributed by atoms with Crippen molar-refractivity contribution in [1.82, 2.24) is 5.06 Å². The van der Waals surface area contributed by atoms with Crippen molar-refractivity contribution in [1.29, 1.82) is 0 Å². The van der Waals surface area contributed by atoms with E-state index in [-0.39, 0.29) is 12.4 Å². The zero-order valence-corrected chi connectivity index (χ0v) is 18.6. The predicted octanol–water partition coefficient (Wildman–Crippen LogP) is 5.63. The largest absolute Gasteiger partial charge is 0.493 e. The lowest BCUT2D eigenvalue weighted by Crippen LogP contribution is -2.54. The second-order valence-corrected chi connectivity index (χ2v) is 8.18. The number of aliphatic imine (C=N–C) groups is 1. The van der Waals surface area contributed by atoms with Gasteiger partial charge in [-0.2, -0.15) is 18.2 Å². The lowest BCUT2D eigenvalue weighted by molar-refractivity contribution is -0.241. The molecular formula is C26H23F3N2O3. The van der Waals surface area contributed by atoms with Crippen molar-refractivity contribution >= 4 is 11.8 Å². The van der Waals surface area contributed by atoms with Gasteiger partial charge in [0.2, 0.25) is 0 Å². The Morgan fingerprint density at radius 3 is 1.88 bits per heavy atom. The summed E-state index contributed by atoms with van der Waals surface area (Å²) in [5, 5.41) is 0.952. The van der Waals surface area contributed by atoms with Crippen molar-refractivity contribution in [2.45, 2.75) is 31.1 Å². The first-order valence-electron chi connectivity index (χ1n) is 10.6. The van der Waals surface area contributed by atoms with Crippen molar-refractivity contribution in [2.75, 3.05) is 6.61 Å². The molecule has 0 spiro atoms. The smallest absolute Gasteiger partial charge is 0.486 e. The van der Waals surface area contributed by atoms with Gasteiger partial charge in [-0.05, 0) is 37.1 Å². The van der Waals surface area contributed by atoms with E-state index in [9.17, 15) is 18.0 Å². The Balaban J connectivity index is 1.85. The van der Waals surface area contributed by atoms with Crippen molar-refractivity contribution in [2.24, 2.45) is 4.99 Å². The van der Waals surface area contributed by atoms with Crippen LogP contribution in [0.1, 0.15) is 25.0 Å². The normalized spacial score (nSPS) is 22.3. The molecule has 4 rings (SSSR count). The Morgan fingerprint density at radius 1 is 0.853 bits per heavy atom. The van der Waals surface area contributed by atoms with E-state index < -0.39 is 23.2 Å². The quantitative estimate of drug-likeness (QED) is 0.471. The number of hydroxylamine groups is 2. The number of rotatable bonds is 6. The van der Waals surface area contributed by atoms with Crippen molar-refractivity contribution in [3.05, 3.63) is 102 Å². The Morgan fingerprint density at radius 2 is 1.35 bits per heavy atom. The predicted molar refractivity (Wildman–Crippen MR) is 121 cm³/mol. The maximum atomic E-state index is 13.3. The first kappa shape index (κ1) is 23.4. The minimum absolute atomic E-state index is 0.0548. The van der Waals surface area contributed by atoms with Crippen LogP contribution in [0.5, 0.6) is 5.75 Å². The molecule has 34 heavy (non-hydrogen) atoms. The summed E-state index contributed by atoms with van der Waals surface area (Å²) in [6, 6.07) is 26.9. The van der Waals surface area contributed by atoms with Crippen LogP contribution in [0.2, 0.25) is 0 Å². The molecule has 1 heterocycles. The average Bonchev–Trinajstić information content (AvgIpc) is 3.07. The summed E-state index contributed by atoms with van der Waals surface area (Å²) in [5.41, 5.74) is -1.07. The van der Waals surface area contributed by atoms with Gasteiger partial charge in [-0.1, -0.05) is 78.9 Å². The maximum absolute atomic E-state index is 13.3. The van der Waals surface area contributed by atoms with Gasteiger partial charge in [-0.15, -0.1) is 0 Å². The molecule has 2 unspecified atom stereocenters. The third-order valence-corrected chi connectivity index (χ3v) is 6.13. The summed E-state index contributed by atoms with van der Waals surface area (Å²) in [7, 11) is 0. The van der Waals surface area contributed by atoms with E-state index in [2.05, 4.69) is 0 Å². The standard InChI is InChI=1S/C26H23F3N2O3/c1-24(19-12-6-3-7-13-19)25(2,20-14-8-4-9-15-20)31(34-23(32)26(27,28)29)22(30-24)18-33-21-16-10-5-11-17-21/h3-17H,18H2,1-2H3. The molecule has 0 N–H and O–H groups in total. The monoisotopic (exact) mass is 468 g/mol. The van der Waals surface area contributed by atoms with Gasteiger partial charge < -0.3 is 9.57 Å². The number of hydrogen-bond acceptors (Lipinski definition) is 5. The Kier molecular flexibility index (Phi) is 6.08. The van der Waals surface area contributed by atoms with Crippen LogP contribution in [0.3, 0.4) is 0 Å². The van der Waals surface area contributed by atoms with Gasteiger partial charge in [0.15, 0.2) is 5.84 Å². The van der Waals surface area contributed by atoms with E-state index in [0.717, 1.165) is 10.6 Å². The number of carbonyl (C=O) groups is 1. The van der Waals surface area contributed by atoms with Crippen LogP contribution >= 0.6 is 0 Å². The molecule has 5 nitrogen and oxygen atoms in total. The summed E-state index contributed by atoms with van der Waals surface area (Å²) in [6.07, 6.45) is -5.19. The van der Waals surface area contributed by atoms with Gasteiger partial charge in [-0.3, -0.25) is 4.99 Å². The molecule has 0 saturated carbocycles. The fourth-order valence-electron chi connectivity index (χ4n) is 4.17. The fourth-order valence-corrected chi connectivity index (χ4v) is 4.17. The summed E-state index contributed by atoms with van der Waals surface area (Å²) in [6.45, 7) is 3.30. The number of benzene rings is 3. The van der Waals surface area contributed by atoms with Gasteiger partial charge in [0.1, 0.15) is 23.4 Å². The first-order valence-corrected chi connectivity index (χ1v) is 10.6. The van der Waals surface area contributed by atoms with E-state index in [1.807, 2.05) is 36.4 Å². The molecule has 0 aliphatic carbocycles. The molecule has 0 saturated heterocycles. The molecule has 0 bridgehead atoms. The molecule has 1 aliphatic heterocycles. The Labute approximate surface area is 195 Å². The highest BCUT2D eigenvalue weighted by Gasteiger charge is 2.60. The van der Waals surface area contributed by atoms with Crippen LogP contribution in [-0.4, -0.2) is 29.7 Å². The minimum Gasteiger partial charge on any atom is -0.486 e. The van der Waals surface area contributed by atoms with Gasteiger partial charge in [0.25, 0.3) is 0 Å². The number of nitrogens with zero attached hydrogens (tertiary/aromatic N) is 2. The minimum atomic E-state index is -5.19.